The van der Waals surface area contributed by atoms with Crippen LogP contribution < -0.4 is 4.74 Å². The Morgan fingerprint density at radius 3 is 2.08 bits per heavy atom. The van der Waals surface area contributed by atoms with Gasteiger partial charge in [0.15, 0.2) is 0 Å². The molecule has 0 aromatic heterocycles. The number of hydrogen-bond donors (Lipinski definition) is 1. The lowest BCUT2D eigenvalue weighted by molar-refractivity contribution is -0.132. The third-order valence-corrected chi connectivity index (χ3v) is 3.43. The first-order valence-corrected chi connectivity index (χ1v) is 7.45. The first kappa shape index (κ1) is 17.3. The maximum Gasteiger partial charge on any atom is 0.328 e. The summed E-state index contributed by atoms with van der Waals surface area (Å²) in [5.41, 5.74) is 1.91. The Morgan fingerprint density at radius 1 is 0.958 bits per heavy atom. The van der Waals surface area contributed by atoms with Crippen molar-refractivity contribution in [3.63, 3.8) is 0 Å². The Balaban J connectivity index is 2.17. The van der Waals surface area contributed by atoms with Crippen LogP contribution in [0.4, 0.5) is 0 Å². The molecular formula is C19H19NO4. The summed E-state index contributed by atoms with van der Waals surface area (Å²) in [6.07, 6.45) is 1.93. The molecule has 1 amide bonds. The summed E-state index contributed by atoms with van der Waals surface area (Å²) in [7, 11) is 1.59. The van der Waals surface area contributed by atoms with Gasteiger partial charge < -0.3 is 14.7 Å². The zero-order valence-electron chi connectivity index (χ0n) is 13.4. The molecule has 1 N–H and O–H groups in total. The molecule has 5 nitrogen and oxygen atoms in total. The van der Waals surface area contributed by atoms with Crippen molar-refractivity contribution in [2.45, 2.75) is 13.1 Å². The molecule has 0 bridgehead atoms. The Morgan fingerprint density at radius 2 is 1.54 bits per heavy atom. The molecule has 0 heterocycles. The Hall–Kier alpha value is -3.08. The lowest BCUT2D eigenvalue weighted by atomic mass is 10.1. The van der Waals surface area contributed by atoms with Crippen molar-refractivity contribution in [3.05, 3.63) is 77.9 Å². The smallest absolute Gasteiger partial charge is 0.328 e. The van der Waals surface area contributed by atoms with Crippen LogP contribution in [0.2, 0.25) is 0 Å². The van der Waals surface area contributed by atoms with Crippen LogP contribution >= 0.6 is 0 Å². The van der Waals surface area contributed by atoms with Crippen molar-refractivity contribution >= 4 is 11.9 Å². The van der Waals surface area contributed by atoms with Gasteiger partial charge in [-0.3, -0.25) is 4.79 Å². The minimum absolute atomic E-state index is 0.350. The van der Waals surface area contributed by atoms with E-state index < -0.39 is 5.97 Å². The highest BCUT2D eigenvalue weighted by atomic mass is 16.5. The van der Waals surface area contributed by atoms with Gasteiger partial charge in [-0.15, -0.1) is 0 Å². The number of carboxylic acid groups (broad SMARTS) is 1. The lowest BCUT2D eigenvalue weighted by Gasteiger charge is -2.21. The molecule has 0 saturated carbocycles. The van der Waals surface area contributed by atoms with Gasteiger partial charge in [0.2, 0.25) is 5.91 Å². The molecule has 0 atom stereocenters. The number of carbonyl (C=O) groups excluding carboxylic acids is 1. The third kappa shape index (κ3) is 5.28. The van der Waals surface area contributed by atoms with Crippen LogP contribution in [-0.4, -0.2) is 29.0 Å². The summed E-state index contributed by atoms with van der Waals surface area (Å²) in [5, 5.41) is 8.71. The molecule has 0 saturated heterocycles. The number of carbonyl (C=O) groups is 2. The number of hydrogen-bond acceptors (Lipinski definition) is 3. The van der Waals surface area contributed by atoms with Gasteiger partial charge in [-0.05, 0) is 23.3 Å². The maximum atomic E-state index is 12.3. The molecule has 0 unspecified atom stereocenters. The molecule has 2 aromatic carbocycles. The second-order valence-corrected chi connectivity index (χ2v) is 5.20. The third-order valence-electron chi connectivity index (χ3n) is 3.43. The average Bonchev–Trinajstić information content (AvgIpc) is 2.60. The monoisotopic (exact) mass is 325 g/mol. The van der Waals surface area contributed by atoms with E-state index in [2.05, 4.69) is 0 Å². The number of rotatable bonds is 7. The zero-order valence-corrected chi connectivity index (χ0v) is 13.4. The van der Waals surface area contributed by atoms with Crippen molar-refractivity contribution in [1.29, 1.82) is 0 Å². The van der Waals surface area contributed by atoms with E-state index in [1.807, 2.05) is 54.6 Å². The summed E-state index contributed by atoms with van der Waals surface area (Å²) in [5.74, 6) is -0.755. The summed E-state index contributed by atoms with van der Waals surface area (Å²) in [6.45, 7) is 0.775. The van der Waals surface area contributed by atoms with E-state index in [0.29, 0.717) is 13.1 Å². The number of methoxy groups -OCH3 is 1. The largest absolute Gasteiger partial charge is 0.497 e. The molecule has 0 aliphatic heterocycles. The van der Waals surface area contributed by atoms with E-state index in [0.717, 1.165) is 29.0 Å². The number of benzene rings is 2. The Bertz CT molecular complexity index is 708. The van der Waals surface area contributed by atoms with Crippen LogP contribution in [0.3, 0.4) is 0 Å². The van der Waals surface area contributed by atoms with Crippen molar-refractivity contribution in [1.82, 2.24) is 4.90 Å². The van der Waals surface area contributed by atoms with E-state index >= 15 is 0 Å². The molecule has 0 radical (unpaired) electrons. The predicted molar refractivity (Wildman–Crippen MR) is 90.5 cm³/mol. The topological polar surface area (TPSA) is 66.8 Å². The minimum Gasteiger partial charge on any atom is -0.497 e. The van der Waals surface area contributed by atoms with Gasteiger partial charge in [0.25, 0.3) is 0 Å². The van der Waals surface area contributed by atoms with Crippen LogP contribution in [-0.2, 0) is 22.7 Å². The Kier molecular flexibility index (Phi) is 6.14. The van der Waals surface area contributed by atoms with E-state index in [4.69, 9.17) is 9.84 Å². The van der Waals surface area contributed by atoms with Crippen LogP contribution in [0.1, 0.15) is 11.1 Å². The fourth-order valence-electron chi connectivity index (χ4n) is 2.21. The van der Waals surface area contributed by atoms with Gasteiger partial charge in [0.05, 0.1) is 7.11 Å². The van der Waals surface area contributed by atoms with Crippen LogP contribution in [0.5, 0.6) is 5.75 Å². The number of aliphatic carboxylic acids is 1. The van der Waals surface area contributed by atoms with Gasteiger partial charge in [-0.1, -0.05) is 42.5 Å². The molecule has 0 fully saturated rings. The predicted octanol–water partition coefficient (Wildman–Crippen LogP) is 2.86. The molecule has 124 valence electrons. The summed E-state index contributed by atoms with van der Waals surface area (Å²) in [4.78, 5) is 24.6. The number of nitrogens with zero attached hydrogens (tertiary/aromatic N) is 1. The Labute approximate surface area is 140 Å². The standard InChI is InChI=1S/C19H19NO4/c1-24-17-9-7-16(8-10-17)14-20(18(21)11-12-19(22)23)13-15-5-3-2-4-6-15/h2-12H,13-14H2,1H3,(H,22,23). The number of carboxylic acids is 1. The molecule has 5 heteroatoms. The van der Waals surface area contributed by atoms with Crippen molar-refractivity contribution < 1.29 is 19.4 Å². The second kappa shape index (κ2) is 8.53. The normalized spacial score (nSPS) is 10.5. The summed E-state index contributed by atoms with van der Waals surface area (Å²) < 4.78 is 5.13. The molecule has 2 rings (SSSR count). The highest BCUT2D eigenvalue weighted by Gasteiger charge is 2.12. The van der Waals surface area contributed by atoms with E-state index in [1.54, 1.807) is 12.0 Å². The molecule has 2 aromatic rings. The molecule has 0 spiro atoms. The van der Waals surface area contributed by atoms with Gasteiger partial charge >= 0.3 is 5.97 Å². The van der Waals surface area contributed by atoms with Crippen molar-refractivity contribution in [2.75, 3.05) is 7.11 Å². The van der Waals surface area contributed by atoms with Crippen molar-refractivity contribution in [3.8, 4) is 5.75 Å². The van der Waals surface area contributed by atoms with E-state index in [9.17, 15) is 9.59 Å². The van der Waals surface area contributed by atoms with Crippen LogP contribution in [0.15, 0.2) is 66.7 Å². The van der Waals surface area contributed by atoms with Crippen molar-refractivity contribution in [2.24, 2.45) is 0 Å². The second-order valence-electron chi connectivity index (χ2n) is 5.20. The molecular weight excluding hydrogens is 306 g/mol. The van der Waals surface area contributed by atoms with Gasteiger partial charge in [-0.2, -0.15) is 0 Å². The molecule has 24 heavy (non-hydrogen) atoms. The lowest BCUT2D eigenvalue weighted by Crippen LogP contribution is -2.28. The van der Waals surface area contributed by atoms with E-state index in [1.165, 1.54) is 0 Å². The highest BCUT2D eigenvalue weighted by Crippen LogP contribution is 2.15. The summed E-state index contributed by atoms with van der Waals surface area (Å²) >= 11 is 0. The fraction of sp³-hybridized carbons (Fsp3) is 0.158. The molecule has 0 aliphatic carbocycles. The quantitative estimate of drug-likeness (QED) is 0.795. The highest BCUT2D eigenvalue weighted by molar-refractivity contribution is 5.93. The number of amides is 1. The van der Waals surface area contributed by atoms with Gasteiger partial charge in [0.1, 0.15) is 5.75 Å². The molecule has 0 aliphatic rings. The van der Waals surface area contributed by atoms with E-state index in [-0.39, 0.29) is 5.91 Å². The SMILES string of the molecule is COc1ccc(CN(Cc2ccccc2)C(=O)C=CC(=O)O)cc1. The van der Waals surface area contributed by atoms with Crippen LogP contribution in [0.25, 0.3) is 0 Å². The minimum atomic E-state index is -1.15. The fourth-order valence-corrected chi connectivity index (χ4v) is 2.21. The maximum absolute atomic E-state index is 12.3. The number of ether oxygens (including phenoxy) is 1. The van der Waals surface area contributed by atoms with Crippen LogP contribution in [0, 0.1) is 0 Å². The average molecular weight is 325 g/mol. The van der Waals surface area contributed by atoms with Gasteiger partial charge in [0, 0.05) is 25.2 Å². The zero-order chi connectivity index (χ0) is 17.4. The first-order chi connectivity index (χ1) is 11.6. The summed E-state index contributed by atoms with van der Waals surface area (Å²) in [6, 6.07) is 17.0. The first-order valence-electron chi connectivity index (χ1n) is 7.45. The van der Waals surface area contributed by atoms with Gasteiger partial charge in [-0.25, -0.2) is 4.79 Å².